The topological polar surface area (TPSA) is 179 Å². The van der Waals surface area contributed by atoms with Gasteiger partial charge in [-0.2, -0.15) is 0 Å². The number of carbonyl (C=O) groups is 4. The van der Waals surface area contributed by atoms with Gasteiger partial charge in [-0.3, -0.25) is 19.6 Å². The van der Waals surface area contributed by atoms with Gasteiger partial charge in [0.25, 0.3) is 0 Å². The van der Waals surface area contributed by atoms with Crippen molar-refractivity contribution in [2.24, 2.45) is 0 Å². The van der Waals surface area contributed by atoms with Crippen LogP contribution in [0.2, 0.25) is 0 Å². The molecule has 83 heavy (non-hydrogen) atoms. The first kappa shape index (κ1) is 70.5. The Labute approximate surface area is 504 Å². The van der Waals surface area contributed by atoms with Crippen molar-refractivity contribution < 1.29 is 38.1 Å². The largest absolute Gasteiger partial charge is 0.444 e. The highest BCUT2D eigenvalue weighted by Gasteiger charge is 2.36. The van der Waals surface area contributed by atoms with Crippen LogP contribution in [0.5, 0.6) is 0 Å². The van der Waals surface area contributed by atoms with Crippen molar-refractivity contribution in [3.8, 4) is 0 Å². The quantitative estimate of drug-likeness (QED) is 0.200. The zero-order chi connectivity index (χ0) is 61.0. The zero-order valence-electron chi connectivity index (χ0n) is 55.2. The van der Waals surface area contributed by atoms with Crippen LogP contribution in [-0.4, -0.2) is 266 Å². The van der Waals surface area contributed by atoms with Gasteiger partial charge in [-0.15, -0.1) is 0 Å². The van der Waals surface area contributed by atoms with Gasteiger partial charge in [0.2, 0.25) is 0 Å². The fourth-order valence-corrected chi connectivity index (χ4v) is 11.5. The highest BCUT2D eigenvalue weighted by Crippen LogP contribution is 2.29. The minimum Gasteiger partial charge on any atom is -0.444 e. The molecule has 20 nitrogen and oxygen atoms in total. The molecular formula is C63H122N12O8. The van der Waals surface area contributed by atoms with Gasteiger partial charge in [0.1, 0.15) is 22.4 Å². The summed E-state index contributed by atoms with van der Waals surface area (Å²) in [6.45, 7) is 50.0. The Morgan fingerprint density at radius 3 is 1.07 bits per heavy atom. The van der Waals surface area contributed by atoms with E-state index in [-0.39, 0.29) is 47.7 Å². The van der Waals surface area contributed by atoms with Crippen molar-refractivity contribution in [3.05, 3.63) is 0 Å². The summed E-state index contributed by atoms with van der Waals surface area (Å²) in [6.07, 6.45) is 16.1. The number of ether oxygens (including phenoxy) is 4. The lowest BCUT2D eigenvalue weighted by Crippen LogP contribution is -2.58. The maximum atomic E-state index is 12.1. The molecule has 6 saturated heterocycles. The monoisotopic (exact) mass is 1170 g/mol. The molecule has 6 heterocycles. The second-order valence-corrected chi connectivity index (χ2v) is 28.9. The molecule has 20 heteroatoms. The Morgan fingerprint density at radius 1 is 0.349 bits per heavy atom. The third kappa shape index (κ3) is 26.3. The molecule has 0 aromatic heterocycles. The number of carbonyl (C=O) groups excluding carboxylic acids is 4. The van der Waals surface area contributed by atoms with E-state index in [1.807, 2.05) is 99.8 Å². The third-order valence-electron chi connectivity index (χ3n) is 17.1. The normalized spacial score (nSPS) is 25.7. The Kier molecular flexibility index (Phi) is 28.7. The van der Waals surface area contributed by atoms with Gasteiger partial charge in [-0.05, 0) is 155 Å². The predicted octanol–water partition coefficient (Wildman–Crippen LogP) is 7.89. The van der Waals surface area contributed by atoms with E-state index in [0.717, 1.165) is 116 Å². The summed E-state index contributed by atoms with van der Waals surface area (Å²) in [6, 6.07) is 4.66. The first-order valence-corrected chi connectivity index (χ1v) is 32.8. The van der Waals surface area contributed by atoms with Crippen LogP contribution in [0.3, 0.4) is 0 Å². The van der Waals surface area contributed by atoms with E-state index >= 15 is 0 Å². The fraction of sp³-hybridized carbons (Fsp3) is 0.937. The molecule has 4 amide bonds. The Bertz CT molecular complexity index is 1890. The molecule has 0 unspecified atom stereocenters. The maximum Gasteiger partial charge on any atom is 0.410 e. The molecular weight excluding hydrogens is 1050 g/mol. The van der Waals surface area contributed by atoms with Gasteiger partial charge in [-0.25, -0.2) is 19.2 Å². The smallest absolute Gasteiger partial charge is 0.410 e. The van der Waals surface area contributed by atoms with Crippen LogP contribution in [0.1, 0.15) is 181 Å². The van der Waals surface area contributed by atoms with Crippen LogP contribution < -0.4 is 21.3 Å². The van der Waals surface area contributed by atoms with Crippen LogP contribution in [0.15, 0.2) is 0 Å². The molecule has 0 aromatic carbocycles. The van der Waals surface area contributed by atoms with E-state index in [1.54, 1.807) is 9.80 Å². The second-order valence-electron chi connectivity index (χ2n) is 28.9. The van der Waals surface area contributed by atoms with Crippen LogP contribution in [0.25, 0.3) is 0 Å². The fourth-order valence-electron chi connectivity index (χ4n) is 11.5. The molecule has 0 bridgehead atoms. The average molecular weight is 1180 g/mol. The Hall–Kier alpha value is -3.24. The first-order chi connectivity index (χ1) is 39.0. The minimum atomic E-state index is -0.401. The van der Waals surface area contributed by atoms with Gasteiger partial charge in [0.15, 0.2) is 0 Å². The lowest BCUT2D eigenvalue weighted by Gasteiger charge is -2.46. The molecule has 4 aliphatic carbocycles. The van der Waals surface area contributed by atoms with Gasteiger partial charge in [-0.1, -0.05) is 25.7 Å². The molecule has 0 aromatic rings. The lowest BCUT2D eigenvalue weighted by molar-refractivity contribution is -0.0111. The number of amides is 4. The van der Waals surface area contributed by atoms with E-state index < -0.39 is 11.2 Å². The number of hydrogen-bond donors (Lipinski definition) is 4. The van der Waals surface area contributed by atoms with E-state index in [4.69, 9.17) is 18.9 Å². The Balaban J connectivity index is 0.000000184. The number of hydrogen-bond acceptors (Lipinski definition) is 16. The van der Waals surface area contributed by atoms with Crippen LogP contribution >= 0.6 is 0 Å². The van der Waals surface area contributed by atoms with Crippen molar-refractivity contribution >= 4 is 24.4 Å². The van der Waals surface area contributed by atoms with E-state index in [9.17, 15) is 19.2 Å². The number of nitrogens with one attached hydrogen (secondary N) is 4. The highest BCUT2D eigenvalue weighted by molar-refractivity contribution is 5.70. The van der Waals surface area contributed by atoms with Crippen molar-refractivity contribution in [2.75, 3.05) is 137 Å². The van der Waals surface area contributed by atoms with Gasteiger partial charge in [0.05, 0.1) is 0 Å². The summed E-state index contributed by atoms with van der Waals surface area (Å²) in [5.41, 5.74) is -1.58. The van der Waals surface area contributed by atoms with E-state index in [0.29, 0.717) is 6.04 Å². The van der Waals surface area contributed by atoms with Crippen molar-refractivity contribution in [3.63, 3.8) is 0 Å². The Morgan fingerprint density at radius 2 is 0.687 bits per heavy atom. The SMILES string of the molecule is C1CC(N2CCNCC2)C1.CC(C)(C)OC(=O)N1CCN(C2CCC2)CC1.CC(C)(C)OC(=O)N1CCNCC1.C[C@@H]1CN(C2CCC2)CCN1.C[C@@H]1CN(C2CCC2)CCN1C(=O)OC(C)(C)C.C[C@@H]1CNCCN1C(=O)OC(C)(C)C. The highest BCUT2D eigenvalue weighted by atomic mass is 16.6. The second kappa shape index (κ2) is 33.8. The lowest BCUT2D eigenvalue weighted by atomic mass is 9.90. The zero-order valence-corrected chi connectivity index (χ0v) is 55.2. The standard InChI is InChI=1S/C14H26N2O2.C13H24N2O2.C10H20N2O2.C9H18N2O2.C9H18N2.C8H16N2/c1-11-10-15(12-6-5-7-12)8-9-16(11)13(17)18-14(2,3)4;1-13(2,3)17-12(16)15-9-7-14(8-10-15)11-5-4-6-11;1-8-7-11-5-6-12(8)9(13)14-10(2,3)4;1-9(2,3)13-8(12)11-6-4-10-5-7-11;1-8-7-11(6-5-10-8)9-3-2-4-9;1-2-8(3-1)10-6-4-9-5-7-10/h11-12H,5-10H2,1-4H3;11H,4-10H2,1-3H3;8,11H,5-7H2,1-4H3;10H,4-7H2,1-3H3;8-10H,2-7H2,1H3;8-9H,1-7H2/t11-;;8-;;8-;/m1.1.1./s1. The van der Waals surface area contributed by atoms with Gasteiger partial charge < -0.3 is 59.8 Å². The van der Waals surface area contributed by atoms with Crippen LogP contribution in [-0.2, 0) is 18.9 Å². The van der Waals surface area contributed by atoms with Crippen LogP contribution in [0, 0.1) is 0 Å². The maximum absolute atomic E-state index is 12.1. The molecule has 4 N–H and O–H groups in total. The van der Waals surface area contributed by atoms with E-state index in [1.165, 1.54) is 123 Å². The molecule has 4 saturated carbocycles. The number of rotatable bonds is 4. The predicted molar refractivity (Wildman–Crippen MR) is 333 cm³/mol. The van der Waals surface area contributed by atoms with Crippen molar-refractivity contribution in [1.82, 2.24) is 60.5 Å². The average Bonchev–Trinajstić information content (AvgIpc) is 3.52. The van der Waals surface area contributed by atoms with Crippen molar-refractivity contribution in [1.29, 1.82) is 0 Å². The molecule has 10 fully saturated rings. The molecule has 10 aliphatic rings. The van der Waals surface area contributed by atoms with Gasteiger partial charge >= 0.3 is 24.4 Å². The molecule has 3 atom stereocenters. The molecule has 0 spiro atoms. The summed E-state index contributed by atoms with van der Waals surface area (Å²) < 4.78 is 21.4. The summed E-state index contributed by atoms with van der Waals surface area (Å²) in [5, 5.41) is 13.3. The first-order valence-electron chi connectivity index (χ1n) is 32.8. The van der Waals surface area contributed by atoms with E-state index in [2.05, 4.69) is 54.7 Å². The molecule has 6 aliphatic heterocycles. The van der Waals surface area contributed by atoms with Crippen molar-refractivity contribution in [2.45, 2.75) is 246 Å². The van der Waals surface area contributed by atoms with Crippen LogP contribution in [0.4, 0.5) is 19.2 Å². The summed E-state index contributed by atoms with van der Waals surface area (Å²) >= 11 is 0. The molecule has 482 valence electrons. The minimum absolute atomic E-state index is 0.161. The third-order valence-corrected chi connectivity index (χ3v) is 17.1. The molecule has 10 rings (SSSR count). The summed E-state index contributed by atoms with van der Waals surface area (Å²) in [7, 11) is 0. The number of piperazine rings is 6. The molecule has 0 radical (unpaired) electrons. The summed E-state index contributed by atoms with van der Waals surface area (Å²) in [5.74, 6) is 0. The summed E-state index contributed by atoms with van der Waals surface area (Å²) in [4.78, 5) is 64.7. The number of nitrogens with zero attached hydrogens (tertiary/aromatic N) is 8. The van der Waals surface area contributed by atoms with Gasteiger partial charge in [0, 0.05) is 180 Å².